The lowest BCUT2D eigenvalue weighted by Gasteiger charge is -2.16. The Kier molecular flexibility index (Phi) is 4.07. The van der Waals surface area contributed by atoms with Crippen LogP contribution in [0.15, 0.2) is 45.7 Å². The number of sulfonamides is 1. The Bertz CT molecular complexity index is 1100. The number of nitrogens with one attached hydrogen (secondary N) is 1. The van der Waals surface area contributed by atoms with Crippen LogP contribution < -0.4 is 4.72 Å². The third kappa shape index (κ3) is 3.01. The van der Waals surface area contributed by atoms with Crippen LogP contribution >= 0.6 is 0 Å². The van der Waals surface area contributed by atoms with Crippen LogP contribution in [0.4, 0.5) is 5.69 Å². The Morgan fingerprint density at radius 3 is 2.73 bits per heavy atom. The van der Waals surface area contributed by atoms with Crippen LogP contribution in [-0.4, -0.2) is 8.42 Å². The highest BCUT2D eigenvalue weighted by atomic mass is 32.2. The summed E-state index contributed by atoms with van der Waals surface area (Å²) in [6, 6.07) is 11.0. The molecule has 0 spiro atoms. The maximum absolute atomic E-state index is 12.9. The zero-order valence-electron chi connectivity index (χ0n) is 15.3. The predicted octanol–water partition coefficient (Wildman–Crippen LogP) is 4.98. The van der Waals surface area contributed by atoms with Crippen molar-refractivity contribution in [3.63, 3.8) is 0 Å². The van der Waals surface area contributed by atoms with Crippen molar-refractivity contribution in [1.29, 1.82) is 0 Å². The summed E-state index contributed by atoms with van der Waals surface area (Å²) >= 11 is 0. The number of hydrogen-bond donors (Lipinski definition) is 1. The first-order chi connectivity index (χ1) is 12.3. The lowest BCUT2D eigenvalue weighted by Crippen LogP contribution is -2.14. The summed E-state index contributed by atoms with van der Waals surface area (Å²) < 4.78 is 34.4. The van der Waals surface area contributed by atoms with E-state index < -0.39 is 10.0 Å². The van der Waals surface area contributed by atoms with Crippen LogP contribution in [0.2, 0.25) is 0 Å². The van der Waals surface area contributed by atoms with Crippen molar-refractivity contribution in [3.05, 3.63) is 58.8 Å². The van der Waals surface area contributed by atoms with Gasteiger partial charge in [0.15, 0.2) is 0 Å². The molecule has 1 aliphatic rings. The van der Waals surface area contributed by atoms with E-state index in [1.807, 2.05) is 38.1 Å². The van der Waals surface area contributed by atoms with E-state index in [2.05, 4.69) is 11.6 Å². The standard InChI is InChI=1S/C21H23NO3S/c1-13-5-8-19-17(10-13)18-12-16(7-9-20(18)25-19)22-26(23,24)21-11-14(2)4-6-15(21)3/h4,6-7,9,11-13,22H,5,8,10H2,1-3H3/t13-/m1/s1. The quantitative estimate of drug-likeness (QED) is 0.709. The first kappa shape index (κ1) is 17.2. The minimum Gasteiger partial charge on any atom is -0.461 e. The molecule has 0 fully saturated rings. The van der Waals surface area contributed by atoms with Gasteiger partial charge in [-0.05, 0) is 68.0 Å². The molecule has 1 aromatic heterocycles. The van der Waals surface area contributed by atoms with Crippen LogP contribution in [0.1, 0.15) is 35.8 Å². The van der Waals surface area contributed by atoms with Gasteiger partial charge in [0.05, 0.1) is 4.90 Å². The Balaban J connectivity index is 1.73. The van der Waals surface area contributed by atoms with Crippen LogP contribution in [0.25, 0.3) is 11.0 Å². The highest BCUT2D eigenvalue weighted by molar-refractivity contribution is 7.92. The minimum atomic E-state index is -3.63. The van der Waals surface area contributed by atoms with Crippen LogP contribution in [0.3, 0.4) is 0 Å². The second-order valence-corrected chi connectivity index (χ2v) is 9.09. The maximum atomic E-state index is 12.9. The van der Waals surface area contributed by atoms with Gasteiger partial charge in [0.2, 0.25) is 0 Å². The third-order valence-electron chi connectivity index (χ3n) is 5.18. The molecule has 0 saturated heterocycles. The Morgan fingerprint density at radius 2 is 1.92 bits per heavy atom. The molecule has 136 valence electrons. The highest BCUT2D eigenvalue weighted by Crippen LogP contribution is 2.35. The molecule has 0 radical (unpaired) electrons. The Hall–Kier alpha value is -2.27. The molecule has 5 heteroatoms. The molecular weight excluding hydrogens is 346 g/mol. The van der Waals surface area contributed by atoms with Crippen LogP contribution in [0, 0.1) is 19.8 Å². The van der Waals surface area contributed by atoms with Crippen molar-refractivity contribution in [1.82, 2.24) is 0 Å². The van der Waals surface area contributed by atoms with Gasteiger partial charge in [-0.1, -0.05) is 19.1 Å². The van der Waals surface area contributed by atoms with Gasteiger partial charge in [-0.2, -0.15) is 0 Å². The van der Waals surface area contributed by atoms with Crippen molar-refractivity contribution in [2.24, 2.45) is 5.92 Å². The fraction of sp³-hybridized carbons (Fsp3) is 0.333. The van der Waals surface area contributed by atoms with E-state index in [-0.39, 0.29) is 0 Å². The van der Waals surface area contributed by atoms with Gasteiger partial charge in [0, 0.05) is 23.1 Å². The zero-order valence-corrected chi connectivity index (χ0v) is 16.1. The van der Waals surface area contributed by atoms with Gasteiger partial charge in [0.1, 0.15) is 11.3 Å². The average Bonchev–Trinajstić information content (AvgIpc) is 2.94. The molecule has 0 saturated carbocycles. The second kappa shape index (κ2) is 6.16. The molecule has 0 aliphatic heterocycles. The van der Waals surface area contributed by atoms with Gasteiger partial charge >= 0.3 is 0 Å². The fourth-order valence-electron chi connectivity index (χ4n) is 3.72. The number of hydrogen-bond acceptors (Lipinski definition) is 3. The molecule has 1 heterocycles. The molecular formula is C21H23NO3S. The summed E-state index contributed by atoms with van der Waals surface area (Å²) in [6.45, 7) is 5.95. The van der Waals surface area contributed by atoms with Gasteiger partial charge in [-0.15, -0.1) is 0 Å². The summed E-state index contributed by atoms with van der Waals surface area (Å²) in [5.41, 5.74) is 4.29. The third-order valence-corrected chi connectivity index (χ3v) is 6.70. The van der Waals surface area contributed by atoms with E-state index in [0.29, 0.717) is 16.5 Å². The topological polar surface area (TPSA) is 59.3 Å². The number of benzene rings is 2. The minimum absolute atomic E-state index is 0.320. The molecule has 0 amide bonds. The number of aryl methyl sites for hydroxylation is 3. The lowest BCUT2D eigenvalue weighted by atomic mass is 9.88. The van der Waals surface area contributed by atoms with Crippen LogP contribution in [-0.2, 0) is 22.9 Å². The molecule has 1 atom stereocenters. The normalized spacial score (nSPS) is 17.3. The van der Waals surface area contributed by atoms with E-state index in [4.69, 9.17) is 4.42 Å². The highest BCUT2D eigenvalue weighted by Gasteiger charge is 2.23. The number of rotatable bonds is 3. The monoisotopic (exact) mass is 369 g/mol. The number of anilines is 1. The van der Waals surface area contributed by atoms with Gasteiger partial charge in [-0.25, -0.2) is 8.42 Å². The molecule has 0 bridgehead atoms. The van der Waals surface area contributed by atoms with Crippen LogP contribution in [0.5, 0.6) is 0 Å². The maximum Gasteiger partial charge on any atom is 0.262 e. The summed E-state index contributed by atoms with van der Waals surface area (Å²) in [5, 5.41) is 1.02. The summed E-state index contributed by atoms with van der Waals surface area (Å²) in [4.78, 5) is 0.320. The van der Waals surface area contributed by atoms with Gasteiger partial charge in [-0.3, -0.25) is 4.72 Å². The summed E-state index contributed by atoms with van der Waals surface area (Å²) in [5.74, 6) is 1.67. The lowest BCUT2D eigenvalue weighted by molar-refractivity contribution is 0.438. The first-order valence-corrected chi connectivity index (χ1v) is 10.5. The average molecular weight is 369 g/mol. The number of furan rings is 1. The van der Waals surface area contributed by atoms with Gasteiger partial charge in [0.25, 0.3) is 10.0 Å². The zero-order chi connectivity index (χ0) is 18.5. The second-order valence-electron chi connectivity index (χ2n) is 7.44. The number of fused-ring (bicyclic) bond motifs is 3. The SMILES string of the molecule is Cc1ccc(C)c(S(=O)(=O)Nc2ccc3oc4c(c3c2)C[C@H](C)CC4)c1. The molecule has 26 heavy (non-hydrogen) atoms. The molecule has 1 aliphatic carbocycles. The fourth-order valence-corrected chi connectivity index (χ4v) is 5.10. The Labute approximate surface area is 154 Å². The van der Waals surface area contributed by atoms with E-state index in [9.17, 15) is 8.42 Å². The first-order valence-electron chi connectivity index (χ1n) is 8.98. The molecule has 2 aromatic carbocycles. The van der Waals surface area contributed by atoms with Gasteiger partial charge < -0.3 is 4.42 Å². The van der Waals surface area contributed by atoms with E-state index in [1.165, 1.54) is 5.56 Å². The molecule has 1 N–H and O–H groups in total. The smallest absolute Gasteiger partial charge is 0.262 e. The van der Waals surface area contributed by atoms with Crippen molar-refractivity contribution in [3.8, 4) is 0 Å². The summed E-state index contributed by atoms with van der Waals surface area (Å²) in [6.07, 6.45) is 3.07. The molecule has 0 unspecified atom stereocenters. The summed E-state index contributed by atoms with van der Waals surface area (Å²) in [7, 11) is -3.63. The van der Waals surface area contributed by atoms with Crippen molar-refractivity contribution in [2.45, 2.75) is 44.9 Å². The van der Waals surface area contributed by atoms with E-state index in [0.717, 1.165) is 47.1 Å². The van der Waals surface area contributed by atoms with Crippen molar-refractivity contribution >= 4 is 26.7 Å². The van der Waals surface area contributed by atoms with E-state index >= 15 is 0 Å². The molecule has 4 nitrogen and oxygen atoms in total. The van der Waals surface area contributed by atoms with E-state index in [1.54, 1.807) is 12.1 Å². The Morgan fingerprint density at radius 1 is 1.12 bits per heavy atom. The largest absolute Gasteiger partial charge is 0.461 e. The predicted molar refractivity (Wildman–Crippen MR) is 104 cm³/mol. The molecule has 3 aromatic rings. The molecule has 4 rings (SSSR count). The van der Waals surface area contributed by atoms with Crippen molar-refractivity contribution in [2.75, 3.05) is 4.72 Å². The van der Waals surface area contributed by atoms with Crippen molar-refractivity contribution < 1.29 is 12.8 Å².